The molecule has 1 N–H and O–H groups in total. The number of nitrogens with zero attached hydrogens (tertiary/aromatic N) is 3. The Morgan fingerprint density at radius 1 is 1.35 bits per heavy atom. The smallest absolute Gasteiger partial charge is 0.228 e. The topological polar surface area (TPSA) is 63.8 Å². The lowest BCUT2D eigenvalue weighted by Gasteiger charge is -2.14. The first-order valence-electron chi connectivity index (χ1n) is 7.21. The van der Waals surface area contributed by atoms with Crippen LogP contribution < -0.4 is 5.32 Å². The predicted octanol–water partition coefficient (Wildman–Crippen LogP) is 2.76. The monoisotopic (exact) mass is 274 g/mol. The number of pyridine rings is 1. The molecule has 0 aliphatic carbocycles. The van der Waals surface area contributed by atoms with Crippen LogP contribution in [0, 0.1) is 6.92 Å². The molecule has 0 fully saturated rings. The molecule has 2 rings (SSSR count). The van der Waals surface area contributed by atoms with Gasteiger partial charge in [-0.1, -0.05) is 25.4 Å². The molecule has 1 unspecified atom stereocenters. The summed E-state index contributed by atoms with van der Waals surface area (Å²) in [7, 11) is 0. The summed E-state index contributed by atoms with van der Waals surface area (Å²) in [4.78, 5) is 8.60. The van der Waals surface area contributed by atoms with Gasteiger partial charge in [0, 0.05) is 30.4 Å². The first kappa shape index (κ1) is 14.7. The Hall–Kier alpha value is -1.75. The molecular weight excluding hydrogens is 252 g/mol. The van der Waals surface area contributed by atoms with Crippen molar-refractivity contribution in [2.45, 2.75) is 46.1 Å². The SMILES string of the molecule is CCCC(Cc1nc(-c2cnccc2C)no1)NCC. The summed E-state index contributed by atoms with van der Waals surface area (Å²) in [5.74, 6) is 1.31. The lowest BCUT2D eigenvalue weighted by molar-refractivity contribution is 0.352. The van der Waals surface area contributed by atoms with Crippen LogP contribution in [0.25, 0.3) is 11.4 Å². The third-order valence-corrected chi connectivity index (χ3v) is 3.30. The van der Waals surface area contributed by atoms with Crippen molar-refractivity contribution in [1.29, 1.82) is 0 Å². The zero-order chi connectivity index (χ0) is 14.4. The van der Waals surface area contributed by atoms with E-state index in [0.29, 0.717) is 17.8 Å². The van der Waals surface area contributed by atoms with E-state index in [1.807, 2.05) is 13.0 Å². The van der Waals surface area contributed by atoms with E-state index in [4.69, 9.17) is 4.52 Å². The van der Waals surface area contributed by atoms with E-state index in [2.05, 4.69) is 34.3 Å². The fourth-order valence-electron chi connectivity index (χ4n) is 2.27. The number of aryl methyl sites for hydroxylation is 1. The van der Waals surface area contributed by atoms with E-state index < -0.39 is 0 Å². The minimum absolute atomic E-state index is 0.397. The van der Waals surface area contributed by atoms with Crippen molar-refractivity contribution < 1.29 is 4.52 Å². The highest BCUT2D eigenvalue weighted by Crippen LogP contribution is 2.19. The molecule has 0 spiro atoms. The van der Waals surface area contributed by atoms with Crippen LogP contribution >= 0.6 is 0 Å². The molecule has 5 heteroatoms. The summed E-state index contributed by atoms with van der Waals surface area (Å²) in [6.45, 7) is 7.27. The summed E-state index contributed by atoms with van der Waals surface area (Å²) in [5, 5.41) is 7.52. The third-order valence-electron chi connectivity index (χ3n) is 3.30. The summed E-state index contributed by atoms with van der Waals surface area (Å²) in [6.07, 6.45) is 6.56. The van der Waals surface area contributed by atoms with Crippen LogP contribution in [0.4, 0.5) is 0 Å². The third kappa shape index (κ3) is 3.63. The van der Waals surface area contributed by atoms with Crippen molar-refractivity contribution in [3.63, 3.8) is 0 Å². The Labute approximate surface area is 119 Å². The van der Waals surface area contributed by atoms with Crippen LogP contribution in [0.1, 0.15) is 38.1 Å². The highest BCUT2D eigenvalue weighted by molar-refractivity contribution is 5.57. The lowest BCUT2D eigenvalue weighted by Crippen LogP contribution is -2.30. The molecule has 0 aliphatic rings. The number of hydrogen-bond acceptors (Lipinski definition) is 5. The van der Waals surface area contributed by atoms with Gasteiger partial charge in [-0.2, -0.15) is 4.98 Å². The Morgan fingerprint density at radius 3 is 2.90 bits per heavy atom. The van der Waals surface area contributed by atoms with Gasteiger partial charge < -0.3 is 9.84 Å². The number of rotatable bonds is 7. The zero-order valence-corrected chi connectivity index (χ0v) is 12.4. The summed E-state index contributed by atoms with van der Waals surface area (Å²) in [6, 6.07) is 2.34. The number of aromatic nitrogens is 3. The molecule has 20 heavy (non-hydrogen) atoms. The Kier molecular flexibility index (Phi) is 5.24. The predicted molar refractivity (Wildman–Crippen MR) is 78.3 cm³/mol. The molecule has 5 nitrogen and oxygen atoms in total. The largest absolute Gasteiger partial charge is 0.339 e. The maximum Gasteiger partial charge on any atom is 0.228 e. The molecule has 108 valence electrons. The molecule has 0 saturated heterocycles. The lowest BCUT2D eigenvalue weighted by atomic mass is 10.1. The Balaban J connectivity index is 2.10. The zero-order valence-electron chi connectivity index (χ0n) is 12.4. The van der Waals surface area contributed by atoms with Crippen molar-refractivity contribution in [2.75, 3.05) is 6.54 Å². The number of hydrogen-bond donors (Lipinski definition) is 1. The van der Waals surface area contributed by atoms with E-state index in [1.165, 1.54) is 0 Å². The molecule has 0 saturated carbocycles. The normalized spacial score (nSPS) is 12.6. The van der Waals surface area contributed by atoms with Crippen molar-refractivity contribution in [3.8, 4) is 11.4 Å². The molecule has 0 amide bonds. The second-order valence-corrected chi connectivity index (χ2v) is 4.95. The fourth-order valence-corrected chi connectivity index (χ4v) is 2.27. The molecular formula is C15H22N4O. The molecule has 0 radical (unpaired) electrons. The first-order valence-corrected chi connectivity index (χ1v) is 7.21. The summed E-state index contributed by atoms with van der Waals surface area (Å²) in [5.41, 5.74) is 2.03. The van der Waals surface area contributed by atoms with E-state index >= 15 is 0 Å². The van der Waals surface area contributed by atoms with Gasteiger partial charge in [0.2, 0.25) is 11.7 Å². The number of nitrogens with one attached hydrogen (secondary N) is 1. The minimum atomic E-state index is 0.397. The molecule has 2 heterocycles. The van der Waals surface area contributed by atoms with Crippen LogP contribution in [0.3, 0.4) is 0 Å². The van der Waals surface area contributed by atoms with Crippen molar-refractivity contribution in [3.05, 3.63) is 29.9 Å². The molecule has 0 aromatic carbocycles. The summed E-state index contributed by atoms with van der Waals surface area (Å²) < 4.78 is 5.37. The van der Waals surface area contributed by atoms with Gasteiger partial charge in [0.1, 0.15) is 0 Å². The van der Waals surface area contributed by atoms with Crippen LogP contribution in [-0.4, -0.2) is 27.7 Å². The fraction of sp³-hybridized carbons (Fsp3) is 0.533. The highest BCUT2D eigenvalue weighted by atomic mass is 16.5. The standard InChI is InChI=1S/C15H22N4O/c1-4-6-12(17-5-2)9-14-18-15(19-20-14)13-10-16-8-7-11(13)3/h7-8,10,12,17H,4-6,9H2,1-3H3. The molecule has 1 atom stereocenters. The average Bonchev–Trinajstić information content (AvgIpc) is 2.88. The molecule has 2 aromatic rings. The van der Waals surface area contributed by atoms with Crippen LogP contribution in [0.5, 0.6) is 0 Å². The maximum atomic E-state index is 5.37. The van der Waals surface area contributed by atoms with E-state index in [9.17, 15) is 0 Å². The van der Waals surface area contributed by atoms with Gasteiger partial charge in [-0.25, -0.2) is 0 Å². The van der Waals surface area contributed by atoms with Crippen LogP contribution in [0.15, 0.2) is 23.0 Å². The Bertz CT molecular complexity index is 532. The van der Waals surface area contributed by atoms with Gasteiger partial charge in [-0.3, -0.25) is 4.98 Å². The van der Waals surface area contributed by atoms with Gasteiger partial charge >= 0.3 is 0 Å². The van der Waals surface area contributed by atoms with Gasteiger partial charge in [0.25, 0.3) is 0 Å². The van der Waals surface area contributed by atoms with Gasteiger partial charge in [-0.05, 0) is 31.5 Å². The van der Waals surface area contributed by atoms with Crippen LogP contribution in [-0.2, 0) is 6.42 Å². The van der Waals surface area contributed by atoms with Gasteiger partial charge in [-0.15, -0.1) is 0 Å². The maximum absolute atomic E-state index is 5.37. The van der Waals surface area contributed by atoms with Crippen molar-refractivity contribution in [2.24, 2.45) is 0 Å². The molecule has 0 bridgehead atoms. The second-order valence-electron chi connectivity index (χ2n) is 4.95. The highest BCUT2D eigenvalue weighted by Gasteiger charge is 2.15. The Morgan fingerprint density at radius 2 is 2.20 bits per heavy atom. The van der Waals surface area contributed by atoms with E-state index in [0.717, 1.165) is 36.9 Å². The number of likely N-dealkylation sites (N-methyl/N-ethyl adjacent to an activating group) is 1. The van der Waals surface area contributed by atoms with E-state index in [-0.39, 0.29) is 0 Å². The quantitative estimate of drug-likeness (QED) is 0.841. The molecule has 2 aromatic heterocycles. The second kappa shape index (κ2) is 7.14. The first-order chi connectivity index (χ1) is 9.74. The van der Waals surface area contributed by atoms with Gasteiger partial charge in [0.05, 0.1) is 0 Å². The van der Waals surface area contributed by atoms with E-state index in [1.54, 1.807) is 12.4 Å². The summed E-state index contributed by atoms with van der Waals surface area (Å²) >= 11 is 0. The van der Waals surface area contributed by atoms with Gasteiger partial charge in [0.15, 0.2) is 0 Å². The van der Waals surface area contributed by atoms with Crippen molar-refractivity contribution in [1.82, 2.24) is 20.4 Å². The minimum Gasteiger partial charge on any atom is -0.339 e. The molecule has 0 aliphatic heterocycles. The average molecular weight is 274 g/mol. The van der Waals surface area contributed by atoms with Crippen LogP contribution in [0.2, 0.25) is 0 Å². The van der Waals surface area contributed by atoms with Crippen molar-refractivity contribution >= 4 is 0 Å².